The van der Waals surface area contributed by atoms with Crippen LogP contribution in [0.15, 0.2) is 0 Å². The molecule has 0 N–H and O–H groups in total. The van der Waals surface area contributed by atoms with Crippen LogP contribution in [0.2, 0.25) is 0 Å². The number of Topliss-reactive ketones (excluding diaryl/α,β-unsaturated/α-hetero) is 1. The Hall–Kier alpha value is -1.19. The first kappa shape index (κ1) is 9.07. The maximum atomic E-state index is 11.7. The van der Waals surface area contributed by atoms with E-state index in [9.17, 15) is 14.4 Å². The number of ketones is 1. The van der Waals surface area contributed by atoms with E-state index < -0.39 is 17.9 Å². The first-order valence-electron chi connectivity index (χ1n) is 5.46. The zero-order valence-electron chi connectivity index (χ0n) is 8.27. The average Bonchev–Trinajstić information content (AvgIpc) is 2.39. The van der Waals surface area contributed by atoms with Gasteiger partial charge in [-0.3, -0.25) is 14.4 Å². The summed E-state index contributed by atoms with van der Waals surface area (Å²) in [7, 11) is 0. The minimum Gasteiger partial charge on any atom is -0.393 e. The number of carbonyl (C=O) groups is 3. The number of cyclic esters (lactones) is 2. The summed E-state index contributed by atoms with van der Waals surface area (Å²) in [5, 5.41) is 0. The Balaban J connectivity index is 2.05. The van der Waals surface area contributed by atoms with Gasteiger partial charge in [0, 0.05) is 12.3 Å². The van der Waals surface area contributed by atoms with Gasteiger partial charge in [0.2, 0.25) is 0 Å². The van der Waals surface area contributed by atoms with Crippen molar-refractivity contribution in [2.75, 3.05) is 0 Å². The highest BCUT2D eigenvalue weighted by molar-refractivity contribution is 6.00. The summed E-state index contributed by atoms with van der Waals surface area (Å²) in [5.41, 5.74) is 0. The topological polar surface area (TPSA) is 60.4 Å². The minimum atomic E-state index is -0.463. The maximum absolute atomic E-state index is 11.7. The molecule has 0 radical (unpaired) electrons. The Morgan fingerprint density at radius 3 is 2.47 bits per heavy atom. The molecule has 15 heavy (non-hydrogen) atoms. The highest BCUT2D eigenvalue weighted by Gasteiger charge is 2.57. The van der Waals surface area contributed by atoms with Gasteiger partial charge in [0.25, 0.3) is 0 Å². The Morgan fingerprint density at radius 2 is 1.67 bits per heavy atom. The molecule has 0 aromatic heterocycles. The number of hydrogen-bond donors (Lipinski definition) is 0. The van der Waals surface area contributed by atoms with E-state index in [1.165, 1.54) is 0 Å². The lowest BCUT2D eigenvalue weighted by atomic mass is 9.69. The molecule has 1 aliphatic heterocycles. The van der Waals surface area contributed by atoms with Gasteiger partial charge in [-0.25, -0.2) is 0 Å². The van der Waals surface area contributed by atoms with E-state index in [1.54, 1.807) is 0 Å². The van der Waals surface area contributed by atoms with Crippen LogP contribution in [0.3, 0.4) is 0 Å². The van der Waals surface area contributed by atoms with Crippen LogP contribution in [-0.2, 0) is 19.1 Å². The van der Waals surface area contributed by atoms with Crippen LogP contribution in [0.25, 0.3) is 0 Å². The van der Waals surface area contributed by atoms with Gasteiger partial charge in [0.05, 0.1) is 11.8 Å². The van der Waals surface area contributed by atoms with E-state index in [2.05, 4.69) is 4.74 Å². The Morgan fingerprint density at radius 1 is 0.933 bits per heavy atom. The van der Waals surface area contributed by atoms with Crippen molar-refractivity contribution in [1.29, 1.82) is 0 Å². The number of hydrogen-bond acceptors (Lipinski definition) is 4. The van der Waals surface area contributed by atoms with Crippen molar-refractivity contribution < 1.29 is 19.1 Å². The summed E-state index contributed by atoms with van der Waals surface area (Å²) in [6.45, 7) is 0. The fourth-order valence-corrected chi connectivity index (χ4v) is 3.38. The van der Waals surface area contributed by atoms with Gasteiger partial charge in [-0.05, 0) is 25.2 Å². The van der Waals surface area contributed by atoms with Crippen molar-refractivity contribution in [3.05, 3.63) is 0 Å². The quantitative estimate of drug-likeness (QED) is 0.434. The van der Waals surface area contributed by atoms with Gasteiger partial charge in [-0.2, -0.15) is 0 Å². The molecule has 1 heterocycles. The van der Waals surface area contributed by atoms with Crippen molar-refractivity contribution in [1.82, 2.24) is 0 Å². The van der Waals surface area contributed by atoms with Crippen molar-refractivity contribution in [2.45, 2.75) is 25.7 Å². The molecule has 0 aromatic carbocycles. The molecule has 2 bridgehead atoms. The molecule has 0 unspecified atom stereocenters. The summed E-state index contributed by atoms with van der Waals surface area (Å²) in [6, 6.07) is 0. The molecule has 0 aromatic rings. The SMILES string of the molecule is O=C1OC(=O)[C@H]2[C@H]3CCC(=O)[C@@H](CC3)[C@H]12. The van der Waals surface area contributed by atoms with Gasteiger partial charge < -0.3 is 4.74 Å². The molecular formula is C11H12O4. The van der Waals surface area contributed by atoms with Gasteiger partial charge in [-0.15, -0.1) is 0 Å². The minimum absolute atomic E-state index is 0.150. The molecule has 4 rings (SSSR count). The van der Waals surface area contributed by atoms with Crippen LogP contribution in [0.1, 0.15) is 25.7 Å². The molecule has 4 nitrogen and oxygen atoms in total. The Kier molecular flexibility index (Phi) is 1.75. The molecule has 4 atom stereocenters. The molecule has 3 aliphatic carbocycles. The van der Waals surface area contributed by atoms with Crippen LogP contribution < -0.4 is 0 Å². The van der Waals surface area contributed by atoms with E-state index in [0.29, 0.717) is 6.42 Å². The second-order valence-electron chi connectivity index (χ2n) is 4.74. The first-order valence-corrected chi connectivity index (χ1v) is 5.46. The van der Waals surface area contributed by atoms with Crippen LogP contribution in [0, 0.1) is 23.7 Å². The highest BCUT2D eigenvalue weighted by Crippen LogP contribution is 2.49. The van der Waals surface area contributed by atoms with Crippen molar-refractivity contribution in [3.63, 3.8) is 0 Å². The van der Waals surface area contributed by atoms with E-state index in [0.717, 1.165) is 19.3 Å². The van der Waals surface area contributed by atoms with Gasteiger partial charge >= 0.3 is 11.9 Å². The van der Waals surface area contributed by atoms with Crippen LogP contribution >= 0.6 is 0 Å². The summed E-state index contributed by atoms with van der Waals surface area (Å²) in [4.78, 5) is 34.8. The lowest BCUT2D eigenvalue weighted by Crippen LogP contribution is -2.36. The number of fused-ring (bicyclic) bond motifs is 3. The molecule has 4 aliphatic rings. The van der Waals surface area contributed by atoms with Gasteiger partial charge in [-0.1, -0.05) is 0 Å². The van der Waals surface area contributed by atoms with Crippen LogP contribution in [0.5, 0.6) is 0 Å². The third-order valence-electron chi connectivity index (χ3n) is 4.10. The number of esters is 2. The molecule has 4 fully saturated rings. The molecule has 0 amide bonds. The fourth-order valence-electron chi connectivity index (χ4n) is 3.38. The smallest absolute Gasteiger partial charge is 0.318 e. The largest absolute Gasteiger partial charge is 0.393 e. The Bertz CT molecular complexity index is 360. The van der Waals surface area contributed by atoms with E-state index in [-0.39, 0.29) is 23.5 Å². The lowest BCUT2D eigenvalue weighted by Gasteiger charge is -2.30. The predicted octanol–water partition coefficient (Wildman–Crippen LogP) is 0.691. The van der Waals surface area contributed by atoms with Crippen LogP contribution in [0.4, 0.5) is 0 Å². The standard InChI is InChI=1S/C11H12O4/c12-7-4-2-5-1-3-6(7)9-8(5)10(13)15-11(9)14/h5-6,8-9H,1-4H2/t5-,6-,8+,9+/m1/s1. The summed E-state index contributed by atoms with van der Waals surface area (Å²) in [5.74, 6) is -1.53. The Labute approximate surface area is 87.0 Å². The summed E-state index contributed by atoms with van der Waals surface area (Å²) in [6.07, 6.45) is 2.93. The van der Waals surface area contributed by atoms with Gasteiger partial charge in [0.1, 0.15) is 5.78 Å². The molecular weight excluding hydrogens is 196 g/mol. The molecule has 80 valence electrons. The number of carbonyl (C=O) groups excluding carboxylic acids is 3. The van der Waals surface area contributed by atoms with Crippen molar-refractivity contribution in [2.24, 2.45) is 23.7 Å². The van der Waals surface area contributed by atoms with E-state index in [1.807, 2.05) is 0 Å². The third-order valence-corrected chi connectivity index (χ3v) is 4.10. The number of rotatable bonds is 0. The molecule has 0 spiro atoms. The summed E-state index contributed by atoms with van der Waals surface area (Å²) < 4.78 is 4.66. The monoisotopic (exact) mass is 208 g/mol. The molecule has 1 saturated heterocycles. The second kappa shape index (κ2) is 2.90. The summed E-state index contributed by atoms with van der Waals surface area (Å²) >= 11 is 0. The van der Waals surface area contributed by atoms with E-state index in [4.69, 9.17) is 0 Å². The molecule has 3 saturated carbocycles. The van der Waals surface area contributed by atoms with Gasteiger partial charge in [0.15, 0.2) is 0 Å². The fraction of sp³-hybridized carbons (Fsp3) is 0.727. The zero-order valence-corrected chi connectivity index (χ0v) is 8.27. The second-order valence-corrected chi connectivity index (χ2v) is 4.74. The van der Waals surface area contributed by atoms with E-state index >= 15 is 0 Å². The first-order chi connectivity index (χ1) is 7.18. The van der Waals surface area contributed by atoms with Crippen molar-refractivity contribution >= 4 is 17.7 Å². The predicted molar refractivity (Wildman–Crippen MR) is 48.5 cm³/mol. The number of ether oxygens (including phenoxy) is 1. The van der Waals surface area contributed by atoms with Crippen LogP contribution in [-0.4, -0.2) is 17.7 Å². The lowest BCUT2D eigenvalue weighted by molar-refractivity contribution is -0.155. The third kappa shape index (κ3) is 1.10. The zero-order chi connectivity index (χ0) is 10.6. The normalized spacial score (nSPS) is 43.9. The van der Waals surface area contributed by atoms with Crippen molar-refractivity contribution in [3.8, 4) is 0 Å². The highest BCUT2D eigenvalue weighted by atomic mass is 16.6. The molecule has 4 heteroatoms. The maximum Gasteiger partial charge on any atom is 0.318 e. The average molecular weight is 208 g/mol.